The van der Waals surface area contributed by atoms with Gasteiger partial charge in [-0.2, -0.15) is 0 Å². The first-order valence-electron chi connectivity index (χ1n) is 5.59. The molecule has 0 saturated carbocycles. The van der Waals surface area contributed by atoms with Crippen molar-refractivity contribution in [3.05, 3.63) is 29.3 Å². The van der Waals surface area contributed by atoms with E-state index >= 15 is 0 Å². The summed E-state index contributed by atoms with van der Waals surface area (Å²) >= 11 is 0. The maximum absolute atomic E-state index is 11.4. The summed E-state index contributed by atoms with van der Waals surface area (Å²) in [4.78, 5) is 11.4. The molecule has 0 bridgehead atoms. The first kappa shape index (κ1) is 12.2. The predicted octanol–water partition coefficient (Wildman–Crippen LogP) is 1.44. The summed E-state index contributed by atoms with van der Waals surface area (Å²) in [5, 5.41) is 6.58. The van der Waals surface area contributed by atoms with Crippen LogP contribution < -0.4 is 10.6 Å². The van der Waals surface area contributed by atoms with E-state index in [2.05, 4.69) is 16.7 Å². The van der Waals surface area contributed by atoms with Crippen LogP contribution in [0.25, 0.3) is 0 Å². The van der Waals surface area contributed by atoms with Crippen LogP contribution in [-0.4, -0.2) is 18.6 Å². The van der Waals surface area contributed by atoms with Gasteiger partial charge in [-0.3, -0.25) is 0 Å². The smallest absolute Gasteiger partial charge is 0.328 e. The molecule has 92 valence electrons. The number of carbonyl (C=O) groups is 1. The molecular formula is C12H15ClN2O2. The number of carbonyl (C=O) groups excluding carboxylic acids is 1. The van der Waals surface area contributed by atoms with Gasteiger partial charge in [-0.05, 0) is 17.2 Å². The minimum Gasteiger partial charge on any atom is -0.464 e. The first-order valence-corrected chi connectivity index (χ1v) is 5.59. The Labute approximate surface area is 106 Å². The van der Waals surface area contributed by atoms with Gasteiger partial charge in [-0.1, -0.05) is 12.1 Å². The second kappa shape index (κ2) is 4.94. The maximum atomic E-state index is 11.4. The number of nitrogens with one attached hydrogen (secondary N) is 2. The van der Waals surface area contributed by atoms with Crippen LogP contribution in [0, 0.1) is 0 Å². The Morgan fingerprint density at radius 2 is 2.24 bits per heavy atom. The summed E-state index contributed by atoms with van der Waals surface area (Å²) < 4.78 is 4.94. The van der Waals surface area contributed by atoms with Gasteiger partial charge in [0.25, 0.3) is 0 Å². The third kappa shape index (κ3) is 2.23. The van der Waals surface area contributed by atoms with Crippen LogP contribution in [0.5, 0.6) is 0 Å². The summed E-state index contributed by atoms with van der Waals surface area (Å²) in [5.74, 6) is -0.136. The number of ether oxygens (including phenoxy) is 1. The Morgan fingerprint density at radius 1 is 1.35 bits per heavy atom. The van der Waals surface area contributed by atoms with Gasteiger partial charge >= 0.3 is 5.97 Å². The zero-order chi connectivity index (χ0) is 11.0. The number of esters is 1. The van der Waals surface area contributed by atoms with Gasteiger partial charge in [0.1, 0.15) is 6.04 Å². The fraction of sp³-hybridized carbons (Fsp3) is 0.417. The lowest BCUT2D eigenvalue weighted by molar-refractivity contribution is -0.138. The number of hydrogen-bond donors (Lipinski definition) is 2. The van der Waals surface area contributed by atoms with E-state index in [9.17, 15) is 4.79 Å². The van der Waals surface area contributed by atoms with Crippen molar-refractivity contribution in [2.45, 2.75) is 25.6 Å². The Hall–Kier alpha value is -1.26. The minimum absolute atomic E-state index is 0. The number of benzene rings is 1. The lowest BCUT2D eigenvalue weighted by Gasteiger charge is -2.13. The topological polar surface area (TPSA) is 50.4 Å². The SMILES string of the molecule is Cl.O=C1OCCC1Nc1cccc2c1CNC2. The van der Waals surface area contributed by atoms with Crippen molar-refractivity contribution in [2.75, 3.05) is 11.9 Å². The lowest BCUT2D eigenvalue weighted by Crippen LogP contribution is -2.25. The molecule has 1 atom stereocenters. The first-order chi connectivity index (χ1) is 7.84. The Morgan fingerprint density at radius 3 is 3.00 bits per heavy atom. The largest absolute Gasteiger partial charge is 0.464 e. The van der Waals surface area contributed by atoms with Crippen LogP contribution in [0.4, 0.5) is 5.69 Å². The van der Waals surface area contributed by atoms with Gasteiger partial charge in [-0.15, -0.1) is 12.4 Å². The van der Waals surface area contributed by atoms with Crippen molar-refractivity contribution in [1.29, 1.82) is 0 Å². The molecule has 0 aliphatic carbocycles. The van der Waals surface area contributed by atoms with E-state index in [1.807, 2.05) is 12.1 Å². The Bertz CT molecular complexity index is 437. The minimum atomic E-state index is -0.174. The van der Waals surface area contributed by atoms with Crippen LogP contribution in [0.15, 0.2) is 18.2 Å². The molecule has 5 heteroatoms. The molecule has 1 fully saturated rings. The van der Waals surface area contributed by atoms with Gasteiger partial charge in [0.2, 0.25) is 0 Å². The third-order valence-electron chi connectivity index (χ3n) is 3.16. The number of rotatable bonds is 2. The molecule has 4 nitrogen and oxygen atoms in total. The number of anilines is 1. The fourth-order valence-corrected chi connectivity index (χ4v) is 2.28. The highest BCUT2D eigenvalue weighted by Crippen LogP contribution is 2.25. The molecule has 1 aromatic rings. The molecule has 0 spiro atoms. The maximum Gasteiger partial charge on any atom is 0.328 e. The molecule has 0 aromatic heterocycles. The Balaban J connectivity index is 0.00000108. The second-order valence-corrected chi connectivity index (χ2v) is 4.20. The van der Waals surface area contributed by atoms with Crippen LogP contribution >= 0.6 is 12.4 Å². The molecule has 2 heterocycles. The standard InChI is InChI=1S/C12H14N2O2.ClH/c15-12-11(4-5-16-12)14-10-3-1-2-8-6-13-7-9(8)10;/h1-3,11,13-14H,4-7H2;1H. The molecule has 0 radical (unpaired) electrons. The summed E-state index contributed by atoms with van der Waals surface area (Å²) in [6, 6.07) is 5.99. The molecule has 2 N–H and O–H groups in total. The van der Waals surface area contributed by atoms with E-state index < -0.39 is 0 Å². The van der Waals surface area contributed by atoms with E-state index in [4.69, 9.17) is 4.74 Å². The number of halogens is 1. The fourth-order valence-electron chi connectivity index (χ4n) is 2.28. The van der Waals surface area contributed by atoms with E-state index in [1.165, 1.54) is 11.1 Å². The molecule has 1 saturated heterocycles. The van der Waals surface area contributed by atoms with Crippen molar-refractivity contribution in [3.63, 3.8) is 0 Å². The van der Waals surface area contributed by atoms with E-state index in [0.717, 1.165) is 25.2 Å². The molecule has 1 aromatic carbocycles. The molecule has 2 aliphatic heterocycles. The number of hydrogen-bond acceptors (Lipinski definition) is 4. The van der Waals surface area contributed by atoms with Crippen LogP contribution in [0.3, 0.4) is 0 Å². The predicted molar refractivity (Wildman–Crippen MR) is 67.2 cm³/mol. The lowest BCUT2D eigenvalue weighted by atomic mass is 10.1. The van der Waals surface area contributed by atoms with Crippen molar-refractivity contribution >= 4 is 24.1 Å². The van der Waals surface area contributed by atoms with Crippen LogP contribution in [0.1, 0.15) is 17.5 Å². The quantitative estimate of drug-likeness (QED) is 0.785. The van der Waals surface area contributed by atoms with E-state index in [1.54, 1.807) is 0 Å². The van der Waals surface area contributed by atoms with Crippen LogP contribution in [-0.2, 0) is 22.6 Å². The summed E-state index contributed by atoms with van der Waals surface area (Å²) in [6.07, 6.45) is 0.760. The zero-order valence-electron chi connectivity index (χ0n) is 9.36. The molecular weight excluding hydrogens is 240 g/mol. The van der Waals surface area contributed by atoms with Crippen LogP contribution in [0.2, 0.25) is 0 Å². The van der Waals surface area contributed by atoms with Gasteiger partial charge in [0.15, 0.2) is 0 Å². The van der Waals surface area contributed by atoms with Crippen molar-refractivity contribution < 1.29 is 9.53 Å². The normalized spacial score (nSPS) is 21.6. The Kier molecular flexibility index (Phi) is 3.54. The van der Waals surface area contributed by atoms with E-state index in [0.29, 0.717) is 6.61 Å². The molecule has 3 rings (SSSR count). The molecule has 2 aliphatic rings. The third-order valence-corrected chi connectivity index (χ3v) is 3.16. The average Bonchev–Trinajstić information content (AvgIpc) is 2.89. The molecule has 0 amide bonds. The van der Waals surface area contributed by atoms with Crippen molar-refractivity contribution in [1.82, 2.24) is 5.32 Å². The molecule has 17 heavy (non-hydrogen) atoms. The van der Waals surface area contributed by atoms with Gasteiger partial charge in [0.05, 0.1) is 6.61 Å². The summed E-state index contributed by atoms with van der Waals surface area (Å²) in [7, 11) is 0. The second-order valence-electron chi connectivity index (χ2n) is 4.20. The highest BCUT2D eigenvalue weighted by molar-refractivity contribution is 5.85. The van der Waals surface area contributed by atoms with Gasteiger partial charge in [0, 0.05) is 25.2 Å². The zero-order valence-corrected chi connectivity index (χ0v) is 10.2. The monoisotopic (exact) mass is 254 g/mol. The van der Waals surface area contributed by atoms with E-state index in [-0.39, 0.29) is 24.4 Å². The number of cyclic esters (lactones) is 1. The van der Waals surface area contributed by atoms with Crippen molar-refractivity contribution in [3.8, 4) is 0 Å². The highest BCUT2D eigenvalue weighted by atomic mass is 35.5. The highest BCUT2D eigenvalue weighted by Gasteiger charge is 2.27. The average molecular weight is 255 g/mol. The summed E-state index contributed by atoms with van der Waals surface area (Å²) in [6.45, 7) is 2.32. The number of fused-ring (bicyclic) bond motifs is 1. The van der Waals surface area contributed by atoms with Gasteiger partial charge < -0.3 is 15.4 Å². The molecule has 1 unspecified atom stereocenters. The van der Waals surface area contributed by atoms with Crippen molar-refractivity contribution in [2.24, 2.45) is 0 Å². The summed E-state index contributed by atoms with van der Waals surface area (Å²) in [5.41, 5.74) is 3.66. The van der Waals surface area contributed by atoms with Gasteiger partial charge in [-0.25, -0.2) is 4.79 Å².